The molecule has 3 fully saturated rings. The van der Waals surface area contributed by atoms with Crippen LogP contribution in [0.1, 0.15) is 30.4 Å². The van der Waals surface area contributed by atoms with E-state index in [4.69, 9.17) is 0 Å². The predicted octanol–water partition coefficient (Wildman–Crippen LogP) is 3.53. The molecule has 100 valence electrons. The van der Waals surface area contributed by atoms with Gasteiger partial charge < -0.3 is 5.32 Å². The van der Waals surface area contributed by atoms with Crippen molar-refractivity contribution >= 4 is 11.6 Å². The van der Waals surface area contributed by atoms with E-state index in [-0.39, 0.29) is 5.91 Å². The smallest absolute Gasteiger partial charge is 0.228 e. The highest BCUT2D eigenvalue weighted by Gasteiger charge is 2.67. The van der Waals surface area contributed by atoms with Crippen molar-refractivity contribution in [2.24, 2.45) is 29.6 Å². The van der Waals surface area contributed by atoms with Crippen LogP contribution in [0.4, 0.5) is 5.69 Å². The largest absolute Gasteiger partial charge is 0.326 e. The van der Waals surface area contributed by atoms with Crippen molar-refractivity contribution in [3.8, 4) is 0 Å². The lowest BCUT2D eigenvalue weighted by molar-refractivity contribution is -0.118. The third-order valence-corrected chi connectivity index (χ3v) is 5.53. The average Bonchev–Trinajstić information content (AvgIpc) is 2.78. The lowest BCUT2D eigenvalue weighted by Crippen LogP contribution is -2.18. The number of anilines is 1. The van der Waals surface area contributed by atoms with Gasteiger partial charge in [-0.1, -0.05) is 6.07 Å². The Balaban J connectivity index is 1.48. The van der Waals surface area contributed by atoms with Crippen molar-refractivity contribution in [3.05, 3.63) is 29.3 Å². The van der Waals surface area contributed by atoms with Crippen LogP contribution >= 0.6 is 0 Å². The van der Waals surface area contributed by atoms with Crippen LogP contribution in [0.2, 0.25) is 0 Å². The molecular formula is C17H21NO. The van der Waals surface area contributed by atoms with Crippen LogP contribution in [0.25, 0.3) is 0 Å². The van der Waals surface area contributed by atoms with Gasteiger partial charge >= 0.3 is 0 Å². The van der Waals surface area contributed by atoms with Gasteiger partial charge in [-0.15, -0.1) is 0 Å². The van der Waals surface area contributed by atoms with Crippen molar-refractivity contribution in [1.29, 1.82) is 0 Å². The number of aryl methyl sites for hydroxylation is 2. The SMILES string of the molecule is Cc1cc(C)cc(NC(=O)C2[C@@H]3[C@H]4CC[C@@H](C4)[C@@H]23)c1. The summed E-state index contributed by atoms with van der Waals surface area (Å²) in [6.07, 6.45) is 4.15. The average molecular weight is 255 g/mol. The van der Waals surface area contributed by atoms with Gasteiger partial charge in [0.2, 0.25) is 5.91 Å². The highest BCUT2D eigenvalue weighted by Crippen LogP contribution is 2.69. The zero-order chi connectivity index (χ0) is 13.1. The van der Waals surface area contributed by atoms with Crippen LogP contribution in [-0.2, 0) is 4.79 Å². The number of hydrogen-bond acceptors (Lipinski definition) is 1. The molecule has 2 bridgehead atoms. The van der Waals surface area contributed by atoms with Gasteiger partial charge in [0.15, 0.2) is 0 Å². The summed E-state index contributed by atoms with van der Waals surface area (Å²) >= 11 is 0. The minimum atomic E-state index is 0.275. The normalized spacial score (nSPS) is 38.1. The monoisotopic (exact) mass is 255 g/mol. The highest BCUT2D eigenvalue weighted by molar-refractivity contribution is 5.95. The maximum absolute atomic E-state index is 12.4. The van der Waals surface area contributed by atoms with Crippen LogP contribution in [0.15, 0.2) is 18.2 Å². The Kier molecular flexibility index (Phi) is 2.33. The van der Waals surface area contributed by atoms with Crippen LogP contribution in [0.3, 0.4) is 0 Å². The number of rotatable bonds is 2. The second-order valence-corrected chi connectivity index (χ2v) is 6.88. The summed E-state index contributed by atoms with van der Waals surface area (Å²) in [7, 11) is 0. The van der Waals surface area contributed by atoms with Crippen molar-refractivity contribution in [2.75, 3.05) is 5.32 Å². The minimum Gasteiger partial charge on any atom is -0.326 e. The summed E-state index contributed by atoms with van der Waals surface area (Å²) in [4.78, 5) is 12.4. The van der Waals surface area contributed by atoms with E-state index in [0.717, 1.165) is 29.4 Å². The third-order valence-electron chi connectivity index (χ3n) is 5.53. The van der Waals surface area contributed by atoms with Crippen LogP contribution in [-0.4, -0.2) is 5.91 Å². The number of benzene rings is 1. The van der Waals surface area contributed by atoms with Crippen molar-refractivity contribution < 1.29 is 4.79 Å². The predicted molar refractivity (Wildman–Crippen MR) is 75.8 cm³/mol. The summed E-state index contributed by atoms with van der Waals surface area (Å²) < 4.78 is 0. The topological polar surface area (TPSA) is 29.1 Å². The lowest BCUT2D eigenvalue weighted by atomic mass is 10.0. The van der Waals surface area contributed by atoms with Gasteiger partial charge in [0.1, 0.15) is 0 Å². The quantitative estimate of drug-likeness (QED) is 0.860. The van der Waals surface area contributed by atoms with E-state index in [1.54, 1.807) is 0 Å². The maximum atomic E-state index is 12.4. The molecule has 4 atom stereocenters. The number of fused-ring (bicyclic) bond motifs is 5. The van der Waals surface area contributed by atoms with Crippen LogP contribution < -0.4 is 5.32 Å². The molecule has 3 aliphatic rings. The first-order valence-corrected chi connectivity index (χ1v) is 7.52. The number of hydrogen-bond donors (Lipinski definition) is 1. The zero-order valence-electron chi connectivity index (χ0n) is 11.6. The Hall–Kier alpha value is -1.31. The molecule has 0 aromatic heterocycles. The first kappa shape index (κ1) is 11.5. The molecule has 3 saturated carbocycles. The molecule has 0 radical (unpaired) electrons. The lowest BCUT2D eigenvalue weighted by Gasteiger charge is -2.10. The standard InChI is InChI=1S/C17H21NO/c1-9-5-10(2)7-13(6-9)18-17(19)16-14-11-3-4-12(8-11)15(14)16/h5-7,11-12,14-16H,3-4,8H2,1-2H3,(H,18,19)/t11-,12-,14+,15+/m0/s1. The van der Waals surface area contributed by atoms with Gasteiger partial charge in [0.25, 0.3) is 0 Å². The van der Waals surface area contributed by atoms with Gasteiger partial charge in [0.05, 0.1) is 0 Å². The number of amides is 1. The van der Waals surface area contributed by atoms with Gasteiger partial charge in [-0.3, -0.25) is 4.79 Å². The van der Waals surface area contributed by atoms with E-state index in [9.17, 15) is 4.79 Å². The Morgan fingerprint density at radius 1 is 1.05 bits per heavy atom. The molecule has 19 heavy (non-hydrogen) atoms. The molecule has 0 spiro atoms. The van der Waals surface area contributed by atoms with Gasteiger partial charge in [-0.25, -0.2) is 0 Å². The Morgan fingerprint density at radius 3 is 2.21 bits per heavy atom. The van der Waals surface area contributed by atoms with Crippen molar-refractivity contribution in [1.82, 2.24) is 0 Å². The van der Waals surface area contributed by atoms with E-state index >= 15 is 0 Å². The fourth-order valence-electron chi connectivity index (χ4n) is 4.95. The summed E-state index contributed by atoms with van der Waals surface area (Å²) in [5.74, 6) is 3.79. The third kappa shape index (κ3) is 1.73. The molecule has 4 rings (SSSR count). The van der Waals surface area contributed by atoms with Crippen molar-refractivity contribution in [3.63, 3.8) is 0 Å². The first-order chi connectivity index (χ1) is 9.13. The number of carbonyl (C=O) groups is 1. The van der Waals surface area contributed by atoms with E-state index < -0.39 is 0 Å². The Bertz CT molecular complexity index is 514. The van der Waals surface area contributed by atoms with Crippen molar-refractivity contribution in [2.45, 2.75) is 33.1 Å². The first-order valence-electron chi connectivity index (χ1n) is 7.52. The summed E-state index contributed by atoms with van der Waals surface area (Å²) in [5.41, 5.74) is 3.40. The molecule has 0 unspecified atom stereocenters. The summed E-state index contributed by atoms with van der Waals surface area (Å²) in [6.45, 7) is 4.16. The maximum Gasteiger partial charge on any atom is 0.228 e. The molecule has 1 aromatic carbocycles. The molecule has 3 aliphatic carbocycles. The second-order valence-electron chi connectivity index (χ2n) is 6.88. The fraction of sp³-hybridized carbons (Fsp3) is 0.588. The van der Waals surface area contributed by atoms with Gasteiger partial charge in [-0.05, 0) is 80.0 Å². The molecule has 2 heteroatoms. The minimum absolute atomic E-state index is 0.275. The summed E-state index contributed by atoms with van der Waals surface area (Å²) in [6, 6.07) is 6.27. The molecule has 0 aliphatic heterocycles. The van der Waals surface area contributed by atoms with E-state index in [1.807, 2.05) is 0 Å². The molecule has 1 amide bonds. The van der Waals surface area contributed by atoms with E-state index in [1.165, 1.54) is 30.4 Å². The number of nitrogens with one attached hydrogen (secondary N) is 1. The molecule has 0 saturated heterocycles. The molecule has 1 N–H and O–H groups in total. The summed E-state index contributed by atoms with van der Waals surface area (Å²) in [5, 5.41) is 3.14. The highest BCUT2D eigenvalue weighted by atomic mass is 16.2. The molecular weight excluding hydrogens is 234 g/mol. The van der Waals surface area contributed by atoms with Gasteiger partial charge in [-0.2, -0.15) is 0 Å². The van der Waals surface area contributed by atoms with E-state index in [0.29, 0.717) is 5.92 Å². The molecule has 0 heterocycles. The van der Waals surface area contributed by atoms with Crippen LogP contribution in [0, 0.1) is 43.4 Å². The zero-order valence-corrected chi connectivity index (χ0v) is 11.6. The fourth-order valence-corrected chi connectivity index (χ4v) is 4.95. The Labute approximate surface area is 114 Å². The van der Waals surface area contributed by atoms with Gasteiger partial charge in [0, 0.05) is 11.6 Å². The van der Waals surface area contributed by atoms with E-state index in [2.05, 4.69) is 37.4 Å². The number of carbonyl (C=O) groups excluding carboxylic acids is 1. The molecule has 2 nitrogen and oxygen atoms in total. The molecule has 1 aromatic rings. The second kappa shape index (κ2) is 3.84. The Morgan fingerprint density at radius 2 is 1.63 bits per heavy atom. The van der Waals surface area contributed by atoms with Crippen LogP contribution in [0.5, 0.6) is 0 Å².